The molecule has 2 nitrogen and oxygen atoms in total. The van der Waals surface area contributed by atoms with Gasteiger partial charge in [-0.05, 0) is 35.1 Å². The summed E-state index contributed by atoms with van der Waals surface area (Å²) in [6.07, 6.45) is 1.81. The number of aromatic nitrogens is 1. The van der Waals surface area contributed by atoms with Crippen molar-refractivity contribution in [1.82, 2.24) is 4.98 Å². The van der Waals surface area contributed by atoms with Crippen molar-refractivity contribution in [2.75, 3.05) is 5.32 Å². The molecule has 0 fully saturated rings. The van der Waals surface area contributed by atoms with E-state index in [1.807, 2.05) is 24.4 Å². The quantitative estimate of drug-likeness (QED) is 0.616. The molecule has 2 aromatic rings. The predicted molar refractivity (Wildman–Crippen MR) is 93.8 cm³/mol. The first-order chi connectivity index (χ1) is 10.5. The van der Waals surface area contributed by atoms with E-state index in [9.17, 15) is 0 Å². The summed E-state index contributed by atoms with van der Waals surface area (Å²) in [5, 5.41) is 3.49. The van der Waals surface area contributed by atoms with Crippen LogP contribution in [0.2, 0.25) is 0 Å². The Morgan fingerprint density at radius 2 is 1.45 bits per heavy atom. The van der Waals surface area contributed by atoms with Gasteiger partial charge in [-0.25, -0.2) is 4.98 Å². The van der Waals surface area contributed by atoms with Crippen molar-refractivity contribution in [3.63, 3.8) is 0 Å². The zero-order chi connectivity index (χ0) is 16.5. The van der Waals surface area contributed by atoms with Crippen molar-refractivity contribution in [3.05, 3.63) is 53.7 Å². The van der Waals surface area contributed by atoms with Crippen molar-refractivity contribution < 1.29 is 13.1 Å². The molecule has 22 heavy (non-hydrogen) atoms. The second-order valence-corrected chi connectivity index (χ2v) is 7.34. The van der Waals surface area contributed by atoms with Crippen LogP contribution in [0.15, 0.2) is 42.6 Å². The fourth-order valence-corrected chi connectivity index (χ4v) is 2.26. The van der Waals surface area contributed by atoms with Crippen LogP contribution in [0.25, 0.3) is 0 Å². The number of hydrogen-bond acceptors (Lipinski definition) is 2. The molecule has 0 unspecified atom stereocenters. The number of nitrogens with zero attached hydrogens (tertiary/aromatic N) is 1. The molecule has 0 saturated heterocycles. The van der Waals surface area contributed by atoms with E-state index in [4.69, 9.17) is 20.2 Å². The fraction of sp³-hybridized carbons (Fsp3) is 0.353. The Morgan fingerprint density at radius 1 is 0.909 bits per heavy atom. The Balaban J connectivity index is 0.000000745. The molecular formula is C17H22Cl2FeN2. The Hall–Kier alpha value is -0.731. The molecule has 1 aromatic heterocycles. The van der Waals surface area contributed by atoms with Crippen molar-refractivity contribution in [3.8, 4) is 0 Å². The van der Waals surface area contributed by atoms with Gasteiger partial charge in [0, 0.05) is 11.9 Å². The fourth-order valence-electron chi connectivity index (χ4n) is 2.26. The van der Waals surface area contributed by atoms with E-state index in [1.54, 1.807) is 0 Å². The van der Waals surface area contributed by atoms with Crippen molar-refractivity contribution >= 4 is 31.7 Å². The van der Waals surface area contributed by atoms with Gasteiger partial charge in [0.15, 0.2) is 0 Å². The van der Waals surface area contributed by atoms with Crippen molar-refractivity contribution in [2.45, 2.75) is 39.5 Å². The summed E-state index contributed by atoms with van der Waals surface area (Å²) in [5.74, 6) is 1.88. The van der Waals surface area contributed by atoms with Gasteiger partial charge in [0.2, 0.25) is 0 Å². The molecule has 0 saturated carbocycles. The summed E-state index contributed by atoms with van der Waals surface area (Å²) in [5.41, 5.74) is 3.90. The van der Waals surface area contributed by atoms with Gasteiger partial charge in [-0.3, -0.25) is 0 Å². The average Bonchev–Trinajstić information content (AvgIpc) is 2.49. The number of hydrogen-bond donors (Lipinski definition) is 1. The summed E-state index contributed by atoms with van der Waals surface area (Å²) in [7, 11) is 9.53. The second-order valence-electron chi connectivity index (χ2n) is 5.51. The van der Waals surface area contributed by atoms with Crippen LogP contribution < -0.4 is 5.32 Å². The number of halogens is 2. The summed E-state index contributed by atoms with van der Waals surface area (Å²) < 4.78 is 0. The minimum atomic E-state index is 0.194. The van der Waals surface area contributed by atoms with Crippen LogP contribution >= 0.6 is 20.2 Å². The zero-order valence-corrected chi connectivity index (χ0v) is 15.9. The number of anilines is 2. The summed E-state index contributed by atoms with van der Waals surface area (Å²) >= 11 is 0.194. The number of pyridine rings is 1. The van der Waals surface area contributed by atoms with Crippen molar-refractivity contribution in [1.29, 1.82) is 0 Å². The molecule has 0 aliphatic carbocycles. The molecule has 0 aliphatic heterocycles. The average molecular weight is 381 g/mol. The van der Waals surface area contributed by atoms with Gasteiger partial charge in [0.25, 0.3) is 0 Å². The Bertz CT molecular complexity index is 534. The second kappa shape index (κ2) is 10.1. The molecule has 1 heterocycles. The van der Waals surface area contributed by atoms with Crippen LogP contribution in [0.3, 0.4) is 0 Å². The third-order valence-corrected chi connectivity index (χ3v) is 3.29. The van der Waals surface area contributed by atoms with E-state index in [1.165, 1.54) is 16.8 Å². The van der Waals surface area contributed by atoms with Crippen LogP contribution in [0.4, 0.5) is 11.5 Å². The van der Waals surface area contributed by atoms with Crippen LogP contribution in [0.5, 0.6) is 0 Å². The third kappa shape index (κ3) is 5.81. The molecule has 2 rings (SSSR count). The molecule has 0 spiro atoms. The number of rotatable bonds is 4. The van der Waals surface area contributed by atoms with E-state index < -0.39 is 0 Å². The van der Waals surface area contributed by atoms with Gasteiger partial charge in [-0.2, -0.15) is 0 Å². The van der Waals surface area contributed by atoms with E-state index in [-0.39, 0.29) is 13.1 Å². The molecule has 0 radical (unpaired) electrons. The van der Waals surface area contributed by atoms with Crippen LogP contribution in [0.1, 0.15) is 50.7 Å². The minimum absolute atomic E-state index is 0.194. The molecule has 0 bridgehead atoms. The summed E-state index contributed by atoms with van der Waals surface area (Å²) in [6.45, 7) is 8.90. The van der Waals surface area contributed by atoms with Crippen LogP contribution in [-0.2, 0) is 13.1 Å². The normalized spacial score (nSPS) is 10.5. The molecule has 0 atom stereocenters. The molecule has 1 N–H and O–H groups in total. The van der Waals surface area contributed by atoms with E-state index in [0.29, 0.717) is 11.8 Å². The maximum atomic E-state index is 4.76. The van der Waals surface area contributed by atoms with Crippen LogP contribution in [-0.4, -0.2) is 4.98 Å². The molecule has 5 heteroatoms. The van der Waals surface area contributed by atoms with Gasteiger partial charge in [-0.1, -0.05) is 52.0 Å². The van der Waals surface area contributed by atoms with E-state index in [2.05, 4.69) is 56.2 Å². The number of para-hydroxylation sites is 1. The Morgan fingerprint density at radius 3 is 1.86 bits per heavy atom. The van der Waals surface area contributed by atoms with Gasteiger partial charge in [-0.15, -0.1) is 0 Å². The van der Waals surface area contributed by atoms with Crippen molar-refractivity contribution in [2.24, 2.45) is 0 Å². The zero-order valence-electron chi connectivity index (χ0n) is 13.3. The molecule has 122 valence electrons. The van der Waals surface area contributed by atoms with Gasteiger partial charge >= 0.3 is 33.3 Å². The summed E-state index contributed by atoms with van der Waals surface area (Å²) in [6, 6.07) is 12.5. The maximum absolute atomic E-state index is 4.76. The molecule has 0 amide bonds. The van der Waals surface area contributed by atoms with Crippen LogP contribution in [0, 0.1) is 0 Å². The summed E-state index contributed by atoms with van der Waals surface area (Å²) in [4.78, 5) is 4.36. The Labute approximate surface area is 148 Å². The van der Waals surface area contributed by atoms with E-state index >= 15 is 0 Å². The molecular weight excluding hydrogens is 359 g/mol. The third-order valence-electron chi connectivity index (χ3n) is 3.29. The standard InChI is InChI=1S/C17H22N2.2ClH.Fe/c1-12(2)14-8-7-9-15(13(3)4)17(14)19-16-10-5-6-11-18-16;;;/h5-13H,1-4H3,(H,18,19);2*1H;/q;;;+2/p-2. The molecule has 1 aromatic carbocycles. The van der Waals surface area contributed by atoms with E-state index in [0.717, 1.165) is 5.82 Å². The number of nitrogens with one attached hydrogen (secondary N) is 1. The SMILES string of the molecule is CC(C)c1cccc(C(C)C)c1Nc1ccccn1.[Cl][Fe][Cl]. The van der Waals surface area contributed by atoms with Gasteiger partial charge in [0.05, 0.1) is 0 Å². The molecule has 0 aliphatic rings. The predicted octanol–water partition coefficient (Wildman–Crippen LogP) is 6.45. The topological polar surface area (TPSA) is 24.9 Å². The van der Waals surface area contributed by atoms with Gasteiger partial charge in [0.1, 0.15) is 5.82 Å². The number of benzene rings is 1. The first-order valence-corrected chi connectivity index (χ1v) is 10.2. The van der Waals surface area contributed by atoms with Gasteiger partial charge < -0.3 is 5.32 Å². The first kappa shape index (κ1) is 19.3. The monoisotopic (exact) mass is 380 g/mol. The Kier molecular flexibility index (Phi) is 8.89. The first-order valence-electron chi connectivity index (χ1n) is 7.17.